The van der Waals surface area contributed by atoms with Crippen molar-refractivity contribution in [3.63, 3.8) is 0 Å². The van der Waals surface area contributed by atoms with Gasteiger partial charge in [-0.3, -0.25) is 4.79 Å². The minimum atomic E-state index is -0.187. The van der Waals surface area contributed by atoms with Gasteiger partial charge in [-0.15, -0.1) is 0 Å². The number of benzene rings is 1. The van der Waals surface area contributed by atoms with E-state index in [1.54, 1.807) is 30.6 Å². The zero-order valence-electron chi connectivity index (χ0n) is 12.2. The predicted octanol–water partition coefficient (Wildman–Crippen LogP) is 2.27. The van der Waals surface area contributed by atoms with Crippen LogP contribution in [0.4, 0.5) is 5.69 Å². The molecule has 4 N–H and O–H groups in total. The van der Waals surface area contributed by atoms with Crippen LogP contribution in [0.2, 0.25) is 0 Å². The van der Waals surface area contributed by atoms with Crippen molar-refractivity contribution in [3.8, 4) is 5.75 Å². The minimum Gasteiger partial charge on any atom is -0.492 e. The van der Waals surface area contributed by atoms with Gasteiger partial charge in [-0.2, -0.15) is 0 Å². The summed E-state index contributed by atoms with van der Waals surface area (Å²) in [5, 5.41) is 2.94. The number of carbonyl (C=O) groups excluding carboxylic acids is 1. The lowest BCUT2D eigenvalue weighted by Crippen LogP contribution is -2.29. The molecular formula is C15H20N4O2. The molecule has 21 heavy (non-hydrogen) atoms. The van der Waals surface area contributed by atoms with E-state index >= 15 is 0 Å². The standard InChI is InChI=1S/C15H20N4O2/c1-3-12(14-17-7-8-18-14)19-15(20)10-5-6-13(21-4-2)11(16)9-10/h5-9,12H,3-4,16H2,1-2H3,(H,17,18)(H,19,20). The van der Waals surface area contributed by atoms with Gasteiger partial charge in [0.25, 0.3) is 5.91 Å². The number of aromatic nitrogens is 2. The van der Waals surface area contributed by atoms with Gasteiger partial charge < -0.3 is 20.8 Å². The Bertz CT molecular complexity index is 596. The van der Waals surface area contributed by atoms with Gasteiger partial charge in [0.2, 0.25) is 0 Å². The molecule has 0 saturated heterocycles. The Morgan fingerprint density at radius 1 is 1.48 bits per heavy atom. The Morgan fingerprint density at radius 3 is 2.86 bits per heavy atom. The van der Waals surface area contributed by atoms with E-state index in [4.69, 9.17) is 10.5 Å². The number of nitrogens with one attached hydrogen (secondary N) is 2. The van der Waals surface area contributed by atoms with Crippen LogP contribution in [0, 0.1) is 0 Å². The molecule has 2 aromatic rings. The van der Waals surface area contributed by atoms with Gasteiger partial charge in [-0.25, -0.2) is 4.98 Å². The SMILES string of the molecule is CCOc1ccc(C(=O)NC(CC)c2ncc[nH]2)cc1N. The fourth-order valence-electron chi connectivity index (χ4n) is 2.05. The number of carbonyl (C=O) groups is 1. The monoisotopic (exact) mass is 288 g/mol. The molecule has 0 spiro atoms. The smallest absolute Gasteiger partial charge is 0.251 e. The van der Waals surface area contributed by atoms with E-state index in [2.05, 4.69) is 15.3 Å². The van der Waals surface area contributed by atoms with Crippen molar-refractivity contribution in [2.24, 2.45) is 0 Å². The summed E-state index contributed by atoms with van der Waals surface area (Å²) in [6.45, 7) is 4.40. The Kier molecular flexibility index (Phi) is 4.81. The van der Waals surface area contributed by atoms with Crippen molar-refractivity contribution in [1.82, 2.24) is 15.3 Å². The molecule has 1 aromatic carbocycles. The van der Waals surface area contributed by atoms with Crippen molar-refractivity contribution in [2.75, 3.05) is 12.3 Å². The number of rotatable bonds is 6. The summed E-state index contributed by atoms with van der Waals surface area (Å²) in [7, 11) is 0. The van der Waals surface area contributed by atoms with Crippen LogP contribution >= 0.6 is 0 Å². The topological polar surface area (TPSA) is 93.0 Å². The van der Waals surface area contributed by atoms with Gasteiger partial charge in [0, 0.05) is 18.0 Å². The third-order valence-electron chi connectivity index (χ3n) is 3.13. The van der Waals surface area contributed by atoms with Crippen LogP contribution in [0.15, 0.2) is 30.6 Å². The van der Waals surface area contributed by atoms with Crippen LogP contribution in [-0.4, -0.2) is 22.5 Å². The zero-order valence-corrected chi connectivity index (χ0v) is 12.2. The molecule has 0 aliphatic carbocycles. The molecule has 2 rings (SSSR count). The van der Waals surface area contributed by atoms with E-state index in [0.717, 1.165) is 12.2 Å². The summed E-state index contributed by atoms with van der Waals surface area (Å²) in [5.74, 6) is 1.14. The summed E-state index contributed by atoms with van der Waals surface area (Å²) in [6, 6.07) is 4.88. The van der Waals surface area contributed by atoms with E-state index in [1.165, 1.54) is 0 Å². The van der Waals surface area contributed by atoms with Crippen LogP contribution in [0.25, 0.3) is 0 Å². The lowest BCUT2D eigenvalue weighted by molar-refractivity contribution is 0.0934. The molecule has 6 heteroatoms. The Labute approximate surface area is 123 Å². The number of amides is 1. The number of aromatic amines is 1. The van der Waals surface area contributed by atoms with E-state index in [1.807, 2.05) is 13.8 Å². The van der Waals surface area contributed by atoms with Crippen LogP contribution in [0.3, 0.4) is 0 Å². The molecular weight excluding hydrogens is 268 g/mol. The first-order chi connectivity index (χ1) is 10.2. The van der Waals surface area contributed by atoms with E-state index in [9.17, 15) is 4.79 Å². The Morgan fingerprint density at radius 2 is 2.29 bits per heavy atom. The summed E-state index contributed by atoms with van der Waals surface area (Å²) in [6.07, 6.45) is 4.14. The molecule has 0 radical (unpaired) electrons. The van der Waals surface area contributed by atoms with Crippen molar-refractivity contribution in [3.05, 3.63) is 42.0 Å². The van der Waals surface area contributed by atoms with Crippen LogP contribution < -0.4 is 15.8 Å². The van der Waals surface area contributed by atoms with Gasteiger partial charge in [-0.1, -0.05) is 6.92 Å². The maximum Gasteiger partial charge on any atom is 0.251 e. The minimum absolute atomic E-state index is 0.153. The number of nitrogens with zero attached hydrogens (tertiary/aromatic N) is 1. The van der Waals surface area contributed by atoms with E-state index in [-0.39, 0.29) is 11.9 Å². The summed E-state index contributed by atoms with van der Waals surface area (Å²) >= 11 is 0. The summed E-state index contributed by atoms with van der Waals surface area (Å²) in [4.78, 5) is 19.5. The van der Waals surface area contributed by atoms with Gasteiger partial charge in [-0.05, 0) is 31.5 Å². The zero-order chi connectivity index (χ0) is 15.2. The molecule has 0 fully saturated rings. The number of hydrogen-bond acceptors (Lipinski definition) is 4. The second kappa shape index (κ2) is 6.78. The largest absolute Gasteiger partial charge is 0.492 e. The number of nitrogen functional groups attached to an aromatic ring is 1. The van der Waals surface area contributed by atoms with Crippen molar-refractivity contribution in [2.45, 2.75) is 26.3 Å². The molecule has 1 heterocycles. The predicted molar refractivity (Wildman–Crippen MR) is 81.1 cm³/mol. The van der Waals surface area contributed by atoms with Crippen molar-refractivity contribution in [1.29, 1.82) is 0 Å². The third-order valence-corrected chi connectivity index (χ3v) is 3.13. The van der Waals surface area contributed by atoms with Crippen LogP contribution in [0.5, 0.6) is 5.75 Å². The number of imidazole rings is 1. The molecule has 1 unspecified atom stereocenters. The average molecular weight is 288 g/mol. The fourth-order valence-corrected chi connectivity index (χ4v) is 2.05. The normalized spacial score (nSPS) is 11.9. The number of H-pyrrole nitrogens is 1. The first-order valence-electron chi connectivity index (χ1n) is 6.98. The molecule has 6 nitrogen and oxygen atoms in total. The highest BCUT2D eigenvalue weighted by molar-refractivity contribution is 5.95. The van der Waals surface area contributed by atoms with Crippen LogP contribution in [-0.2, 0) is 0 Å². The molecule has 1 amide bonds. The van der Waals surface area contributed by atoms with Gasteiger partial charge in [0.05, 0.1) is 18.3 Å². The number of hydrogen-bond donors (Lipinski definition) is 3. The number of anilines is 1. The number of nitrogens with two attached hydrogens (primary N) is 1. The molecule has 0 saturated carbocycles. The maximum atomic E-state index is 12.3. The van der Waals surface area contributed by atoms with Crippen LogP contribution in [0.1, 0.15) is 42.5 Å². The van der Waals surface area contributed by atoms with Gasteiger partial charge >= 0.3 is 0 Å². The second-order valence-corrected chi connectivity index (χ2v) is 4.59. The maximum absolute atomic E-state index is 12.3. The molecule has 0 aliphatic rings. The molecule has 0 aliphatic heterocycles. The summed E-state index contributed by atoms with van der Waals surface area (Å²) in [5.41, 5.74) is 6.83. The lowest BCUT2D eigenvalue weighted by atomic mass is 10.1. The number of ether oxygens (including phenoxy) is 1. The first-order valence-corrected chi connectivity index (χ1v) is 6.98. The summed E-state index contributed by atoms with van der Waals surface area (Å²) < 4.78 is 5.36. The fraction of sp³-hybridized carbons (Fsp3) is 0.333. The second-order valence-electron chi connectivity index (χ2n) is 4.59. The Hall–Kier alpha value is -2.50. The highest BCUT2D eigenvalue weighted by Gasteiger charge is 2.16. The molecule has 1 atom stereocenters. The van der Waals surface area contributed by atoms with E-state index in [0.29, 0.717) is 23.6 Å². The van der Waals surface area contributed by atoms with Gasteiger partial charge in [0.15, 0.2) is 0 Å². The Balaban J connectivity index is 2.11. The highest BCUT2D eigenvalue weighted by atomic mass is 16.5. The van der Waals surface area contributed by atoms with E-state index < -0.39 is 0 Å². The molecule has 112 valence electrons. The quantitative estimate of drug-likeness (QED) is 0.711. The first kappa shape index (κ1) is 14.9. The molecule has 1 aromatic heterocycles. The molecule has 0 bridgehead atoms. The lowest BCUT2D eigenvalue weighted by Gasteiger charge is -2.15. The van der Waals surface area contributed by atoms with Gasteiger partial charge in [0.1, 0.15) is 11.6 Å². The third kappa shape index (κ3) is 3.53. The van der Waals surface area contributed by atoms with Crippen molar-refractivity contribution >= 4 is 11.6 Å². The average Bonchev–Trinajstić information content (AvgIpc) is 3.01. The highest BCUT2D eigenvalue weighted by Crippen LogP contribution is 2.23. The van der Waals surface area contributed by atoms with Crippen molar-refractivity contribution < 1.29 is 9.53 Å².